The van der Waals surface area contributed by atoms with E-state index in [1.165, 1.54) is 30.5 Å². The van der Waals surface area contributed by atoms with E-state index in [-0.39, 0.29) is 35.3 Å². The molecule has 0 bridgehead atoms. The minimum Gasteiger partial charge on any atom is -0.462 e. The third-order valence-electron chi connectivity index (χ3n) is 5.94. The lowest BCUT2D eigenvalue weighted by Crippen LogP contribution is -2.29. The lowest BCUT2D eigenvalue weighted by atomic mass is 10.1. The number of carbonyl (C=O) groups is 3. The Balaban J connectivity index is 1.55. The molecular weight excluding hydrogens is 448 g/mol. The molecule has 170 valence electrons. The fourth-order valence-corrected chi connectivity index (χ4v) is 6.10. The normalized spacial score (nSPS) is 19.3. The smallest absolute Gasteiger partial charge is 0.338 e. The highest BCUT2D eigenvalue weighted by Crippen LogP contribution is 2.36. The minimum absolute atomic E-state index is 0.0339. The summed E-state index contributed by atoms with van der Waals surface area (Å²) in [4.78, 5) is 43.8. The van der Waals surface area contributed by atoms with E-state index in [9.17, 15) is 22.8 Å². The highest BCUT2D eigenvalue weighted by molar-refractivity contribution is 7.91. The number of ether oxygens (including phenoxy) is 1. The van der Waals surface area contributed by atoms with E-state index in [1.54, 1.807) is 18.5 Å². The van der Waals surface area contributed by atoms with Crippen molar-refractivity contribution in [3.05, 3.63) is 52.8 Å². The number of imide groups is 1. The maximum absolute atomic E-state index is 13.4. The average molecular weight is 468 g/mol. The molecule has 0 saturated carbocycles. The molecule has 4 heterocycles. The van der Waals surface area contributed by atoms with E-state index in [2.05, 4.69) is 10.1 Å². The van der Waals surface area contributed by atoms with Crippen LogP contribution >= 0.6 is 0 Å². The van der Waals surface area contributed by atoms with Crippen molar-refractivity contribution in [2.45, 2.75) is 26.3 Å². The van der Waals surface area contributed by atoms with Crippen LogP contribution in [0.4, 0.5) is 5.69 Å². The van der Waals surface area contributed by atoms with Gasteiger partial charge in [-0.05, 0) is 44.5 Å². The highest BCUT2D eigenvalue weighted by Gasteiger charge is 2.41. The number of hydrogen-bond acceptors (Lipinski definition) is 8. The van der Waals surface area contributed by atoms with Crippen LogP contribution in [-0.2, 0) is 14.6 Å². The number of hydrogen-bond donors (Lipinski definition) is 0. The van der Waals surface area contributed by atoms with E-state index < -0.39 is 27.6 Å². The van der Waals surface area contributed by atoms with Crippen LogP contribution in [0.2, 0.25) is 0 Å². The Kier molecular flexibility index (Phi) is 4.82. The molecule has 11 heteroatoms. The number of carbonyl (C=O) groups excluding carboxylic acids is 3. The first kappa shape index (κ1) is 21.3. The van der Waals surface area contributed by atoms with Gasteiger partial charge in [0.2, 0.25) is 0 Å². The number of esters is 1. The molecule has 2 aliphatic rings. The molecule has 2 aromatic heterocycles. The molecule has 1 fully saturated rings. The molecule has 1 saturated heterocycles. The third kappa shape index (κ3) is 3.30. The molecule has 2 aliphatic heterocycles. The van der Waals surface area contributed by atoms with Crippen LogP contribution in [0.15, 0.2) is 30.5 Å². The van der Waals surface area contributed by atoms with Gasteiger partial charge in [0.1, 0.15) is 0 Å². The highest BCUT2D eigenvalue weighted by atomic mass is 32.2. The van der Waals surface area contributed by atoms with E-state index >= 15 is 0 Å². The van der Waals surface area contributed by atoms with E-state index in [1.807, 2.05) is 0 Å². The second-order valence-corrected chi connectivity index (χ2v) is 10.3. The zero-order valence-corrected chi connectivity index (χ0v) is 18.8. The number of amides is 2. The van der Waals surface area contributed by atoms with E-state index in [0.717, 1.165) is 4.90 Å². The summed E-state index contributed by atoms with van der Waals surface area (Å²) in [5.41, 5.74) is 1.86. The van der Waals surface area contributed by atoms with Crippen molar-refractivity contribution < 1.29 is 27.5 Å². The van der Waals surface area contributed by atoms with Crippen molar-refractivity contribution in [3.8, 4) is 0 Å². The van der Waals surface area contributed by atoms with Gasteiger partial charge in [0, 0.05) is 6.20 Å². The van der Waals surface area contributed by atoms with Crippen molar-refractivity contribution in [2.24, 2.45) is 0 Å². The lowest BCUT2D eigenvalue weighted by Gasteiger charge is -2.14. The molecular formula is C22H20N4O6S. The van der Waals surface area contributed by atoms with Crippen LogP contribution in [0.5, 0.6) is 0 Å². The first-order valence-corrected chi connectivity index (χ1v) is 12.3. The number of aromatic nitrogens is 3. The second-order valence-electron chi connectivity index (χ2n) is 8.05. The van der Waals surface area contributed by atoms with Crippen LogP contribution in [0.25, 0.3) is 11.0 Å². The summed E-state index contributed by atoms with van der Waals surface area (Å²) in [5, 5.41) is 4.92. The van der Waals surface area contributed by atoms with Gasteiger partial charge in [-0.25, -0.2) is 27.8 Å². The largest absolute Gasteiger partial charge is 0.462 e. The number of pyridine rings is 1. The zero-order chi connectivity index (χ0) is 23.5. The van der Waals surface area contributed by atoms with Crippen molar-refractivity contribution in [2.75, 3.05) is 23.0 Å². The Morgan fingerprint density at radius 3 is 2.55 bits per heavy atom. The number of fused-ring (bicyclic) bond motifs is 3. The topological polar surface area (TPSA) is 129 Å². The lowest BCUT2D eigenvalue weighted by molar-refractivity contribution is 0.0526. The first-order chi connectivity index (χ1) is 15.7. The van der Waals surface area contributed by atoms with Gasteiger partial charge in [-0.2, -0.15) is 5.10 Å². The Hall–Kier alpha value is -3.60. The van der Waals surface area contributed by atoms with Crippen LogP contribution in [0.1, 0.15) is 56.2 Å². The Morgan fingerprint density at radius 1 is 1.18 bits per heavy atom. The van der Waals surface area contributed by atoms with Gasteiger partial charge < -0.3 is 4.74 Å². The number of benzene rings is 1. The van der Waals surface area contributed by atoms with Gasteiger partial charge >= 0.3 is 5.97 Å². The van der Waals surface area contributed by atoms with Gasteiger partial charge in [-0.3, -0.25) is 9.59 Å². The summed E-state index contributed by atoms with van der Waals surface area (Å²) in [6.45, 7) is 3.65. The molecule has 2 amide bonds. The standard InChI is InChI=1S/C22H20N4O6S/c1-3-32-22(29)13-4-6-14(7-5-13)25-20(27)16-10-23-19-17(18(16)21(25)28)12(2)24-26(19)15-8-9-33(30,31)11-15/h4-7,10,15H,3,8-9,11H2,1-2H3. The van der Waals surface area contributed by atoms with Crippen molar-refractivity contribution >= 4 is 44.3 Å². The quantitative estimate of drug-likeness (QED) is 0.420. The molecule has 0 radical (unpaired) electrons. The zero-order valence-electron chi connectivity index (χ0n) is 17.9. The number of sulfone groups is 1. The number of anilines is 1. The van der Waals surface area contributed by atoms with E-state index in [4.69, 9.17) is 4.74 Å². The second kappa shape index (κ2) is 7.48. The number of rotatable bonds is 4. The number of aryl methyl sites for hydroxylation is 1. The minimum atomic E-state index is -3.14. The predicted molar refractivity (Wildman–Crippen MR) is 118 cm³/mol. The molecule has 3 aromatic rings. The van der Waals surface area contributed by atoms with Gasteiger partial charge in [0.15, 0.2) is 15.5 Å². The van der Waals surface area contributed by atoms with Crippen LogP contribution in [0.3, 0.4) is 0 Å². The molecule has 0 aliphatic carbocycles. The fourth-order valence-electron chi connectivity index (χ4n) is 4.40. The van der Waals surface area contributed by atoms with E-state index in [0.29, 0.717) is 34.4 Å². The monoisotopic (exact) mass is 468 g/mol. The Bertz CT molecular complexity index is 1440. The molecule has 1 unspecified atom stereocenters. The summed E-state index contributed by atoms with van der Waals surface area (Å²) in [7, 11) is -3.14. The molecule has 10 nitrogen and oxygen atoms in total. The number of nitrogens with zero attached hydrogens (tertiary/aromatic N) is 4. The van der Waals surface area contributed by atoms with Crippen molar-refractivity contribution in [1.82, 2.24) is 14.8 Å². The molecule has 1 aromatic carbocycles. The summed E-state index contributed by atoms with van der Waals surface area (Å²) in [6, 6.07) is 5.65. The SMILES string of the molecule is CCOC(=O)c1ccc(N2C(=O)c3cnc4c(c(C)nn4C4CCS(=O)(=O)C4)c3C2=O)cc1. The maximum Gasteiger partial charge on any atom is 0.338 e. The maximum atomic E-state index is 13.4. The summed E-state index contributed by atoms with van der Waals surface area (Å²) in [6.07, 6.45) is 1.76. The van der Waals surface area contributed by atoms with Gasteiger partial charge in [-0.15, -0.1) is 0 Å². The Labute approximate surface area is 189 Å². The summed E-state index contributed by atoms with van der Waals surface area (Å²) in [5.74, 6) is -1.49. The molecule has 1 atom stereocenters. The fraction of sp³-hybridized carbons (Fsp3) is 0.318. The molecule has 0 N–H and O–H groups in total. The van der Waals surface area contributed by atoms with Gasteiger partial charge in [0.05, 0.1) is 57.6 Å². The van der Waals surface area contributed by atoms with Gasteiger partial charge in [-0.1, -0.05) is 0 Å². The van der Waals surface area contributed by atoms with Crippen LogP contribution in [0, 0.1) is 6.92 Å². The van der Waals surface area contributed by atoms with Crippen molar-refractivity contribution in [1.29, 1.82) is 0 Å². The predicted octanol–water partition coefficient (Wildman–Crippen LogP) is 2.08. The van der Waals surface area contributed by atoms with Crippen LogP contribution in [-0.4, -0.2) is 59.1 Å². The average Bonchev–Trinajstić information content (AvgIpc) is 3.40. The van der Waals surface area contributed by atoms with Gasteiger partial charge in [0.25, 0.3) is 11.8 Å². The first-order valence-electron chi connectivity index (χ1n) is 10.5. The molecule has 33 heavy (non-hydrogen) atoms. The van der Waals surface area contributed by atoms with Crippen molar-refractivity contribution in [3.63, 3.8) is 0 Å². The third-order valence-corrected chi connectivity index (χ3v) is 7.69. The summed E-state index contributed by atoms with van der Waals surface area (Å²) >= 11 is 0. The van der Waals surface area contributed by atoms with Crippen LogP contribution < -0.4 is 4.90 Å². The molecule has 0 spiro atoms. The molecule has 5 rings (SSSR count). The summed E-state index contributed by atoms with van der Waals surface area (Å²) < 4.78 is 30.4. The Morgan fingerprint density at radius 2 is 1.91 bits per heavy atom.